The third kappa shape index (κ3) is 8.11. The highest BCUT2D eigenvalue weighted by molar-refractivity contribution is 8.00. The van der Waals surface area contributed by atoms with Crippen LogP contribution in [0.25, 0.3) is 0 Å². The van der Waals surface area contributed by atoms with Crippen molar-refractivity contribution in [3.8, 4) is 0 Å². The molecule has 0 amide bonds. The van der Waals surface area contributed by atoms with Gasteiger partial charge < -0.3 is 5.11 Å². The number of hydrogen-bond donors (Lipinski definition) is 1. The molecule has 0 saturated heterocycles. The second kappa shape index (κ2) is 6.26. The molecule has 0 heterocycles. The fraction of sp³-hybridized carbons (Fsp3) is 0.857. The lowest BCUT2D eigenvalue weighted by molar-refractivity contribution is -0.133. The summed E-state index contributed by atoms with van der Waals surface area (Å²) in [6, 6.07) is 0. The summed E-state index contributed by atoms with van der Waals surface area (Å²) in [6.07, 6.45) is 0.536. The van der Waals surface area contributed by atoms with Crippen LogP contribution in [0.3, 0.4) is 0 Å². The first-order chi connectivity index (χ1) is 5.98. The third-order valence-corrected chi connectivity index (χ3v) is 4.23. The molecule has 1 N–H and O–H groups in total. The van der Waals surface area contributed by atoms with Crippen molar-refractivity contribution in [1.29, 1.82) is 0 Å². The van der Waals surface area contributed by atoms with Gasteiger partial charge in [-0.05, 0) is 12.2 Å². The zero-order valence-electron chi connectivity index (χ0n) is 7.52. The SMILES string of the molecule is CCS(=O)(=O)CCCSCC(=O)O. The smallest absolute Gasteiger partial charge is 0.313 e. The van der Waals surface area contributed by atoms with E-state index in [4.69, 9.17) is 5.11 Å². The molecule has 0 aliphatic rings. The second-order valence-corrected chi connectivity index (χ2v) is 6.11. The van der Waals surface area contributed by atoms with Crippen molar-refractivity contribution < 1.29 is 18.3 Å². The molecule has 0 atom stereocenters. The Morgan fingerprint density at radius 1 is 1.46 bits per heavy atom. The average Bonchev–Trinajstić information content (AvgIpc) is 2.03. The van der Waals surface area contributed by atoms with E-state index in [-0.39, 0.29) is 17.3 Å². The van der Waals surface area contributed by atoms with Crippen molar-refractivity contribution in [1.82, 2.24) is 0 Å². The molecular formula is C7H14O4S2. The summed E-state index contributed by atoms with van der Waals surface area (Å²) in [4.78, 5) is 10.1. The van der Waals surface area contributed by atoms with Gasteiger partial charge in [-0.15, -0.1) is 0 Å². The molecule has 6 heteroatoms. The topological polar surface area (TPSA) is 71.4 Å². The number of carboxylic acid groups (broad SMARTS) is 1. The predicted molar refractivity (Wildman–Crippen MR) is 53.9 cm³/mol. The molecular weight excluding hydrogens is 212 g/mol. The van der Waals surface area contributed by atoms with Gasteiger partial charge in [0, 0.05) is 5.75 Å². The van der Waals surface area contributed by atoms with Gasteiger partial charge in [-0.25, -0.2) is 8.42 Å². The Morgan fingerprint density at radius 3 is 2.54 bits per heavy atom. The van der Waals surface area contributed by atoms with E-state index < -0.39 is 15.8 Å². The highest BCUT2D eigenvalue weighted by Crippen LogP contribution is 2.03. The Bertz CT molecular complexity index is 245. The Kier molecular flexibility index (Phi) is 6.15. The molecule has 0 aromatic carbocycles. The van der Waals surface area contributed by atoms with E-state index in [1.165, 1.54) is 11.8 Å². The maximum absolute atomic E-state index is 11.0. The summed E-state index contributed by atoms with van der Waals surface area (Å²) in [6.45, 7) is 1.61. The molecule has 0 aliphatic carbocycles. The number of hydrogen-bond acceptors (Lipinski definition) is 4. The molecule has 0 spiro atoms. The van der Waals surface area contributed by atoms with E-state index in [1.54, 1.807) is 6.92 Å². The molecule has 4 nitrogen and oxygen atoms in total. The highest BCUT2D eigenvalue weighted by Gasteiger charge is 2.06. The fourth-order valence-corrected chi connectivity index (χ4v) is 2.41. The molecule has 13 heavy (non-hydrogen) atoms. The van der Waals surface area contributed by atoms with Gasteiger partial charge >= 0.3 is 5.97 Å². The van der Waals surface area contributed by atoms with Crippen molar-refractivity contribution >= 4 is 27.6 Å². The van der Waals surface area contributed by atoms with Gasteiger partial charge in [0.15, 0.2) is 0 Å². The van der Waals surface area contributed by atoms with Gasteiger partial charge in [0.05, 0.1) is 11.5 Å². The van der Waals surface area contributed by atoms with E-state index >= 15 is 0 Å². The molecule has 0 aromatic heterocycles. The summed E-state index contributed by atoms with van der Waals surface area (Å²) in [5.41, 5.74) is 0. The first-order valence-electron chi connectivity index (χ1n) is 3.98. The van der Waals surface area contributed by atoms with Crippen LogP contribution >= 0.6 is 11.8 Å². The van der Waals surface area contributed by atoms with Crippen LogP contribution in [0, 0.1) is 0 Å². The molecule has 0 saturated carbocycles. The molecule has 0 rings (SSSR count). The molecule has 0 bridgehead atoms. The summed E-state index contributed by atoms with van der Waals surface area (Å²) in [5.74, 6) is 0.105. The number of carbonyl (C=O) groups is 1. The summed E-state index contributed by atoms with van der Waals surface area (Å²) in [5, 5.41) is 8.28. The van der Waals surface area contributed by atoms with E-state index in [2.05, 4.69) is 0 Å². The van der Waals surface area contributed by atoms with Crippen LogP contribution in [0.2, 0.25) is 0 Å². The van der Waals surface area contributed by atoms with Crippen molar-refractivity contribution in [3.05, 3.63) is 0 Å². The van der Waals surface area contributed by atoms with Crippen LogP contribution in [0.15, 0.2) is 0 Å². The quantitative estimate of drug-likeness (QED) is 0.645. The molecule has 78 valence electrons. The Labute approximate surface area is 82.6 Å². The number of aliphatic carboxylic acids is 1. The summed E-state index contributed by atoms with van der Waals surface area (Å²) >= 11 is 1.25. The minimum absolute atomic E-state index is 0.0478. The zero-order chi connectivity index (χ0) is 10.3. The Morgan fingerprint density at radius 2 is 2.08 bits per heavy atom. The van der Waals surface area contributed by atoms with Gasteiger partial charge in [0.25, 0.3) is 0 Å². The Hall–Kier alpha value is -0.230. The van der Waals surface area contributed by atoms with Crippen LogP contribution < -0.4 is 0 Å². The van der Waals surface area contributed by atoms with Crippen LogP contribution in [0.4, 0.5) is 0 Å². The van der Waals surface area contributed by atoms with Crippen LogP contribution in [0.1, 0.15) is 13.3 Å². The highest BCUT2D eigenvalue weighted by atomic mass is 32.2. The monoisotopic (exact) mass is 226 g/mol. The molecule has 0 fully saturated rings. The molecule has 0 aliphatic heterocycles. The lowest BCUT2D eigenvalue weighted by atomic mass is 10.6. The minimum Gasteiger partial charge on any atom is -0.481 e. The van der Waals surface area contributed by atoms with E-state index in [0.717, 1.165) is 0 Å². The lowest BCUT2D eigenvalue weighted by Gasteiger charge is -1.99. The van der Waals surface area contributed by atoms with Crippen LogP contribution in [0.5, 0.6) is 0 Å². The maximum atomic E-state index is 11.0. The van der Waals surface area contributed by atoms with Gasteiger partial charge in [0.2, 0.25) is 0 Å². The normalized spacial score (nSPS) is 11.5. The minimum atomic E-state index is -2.88. The molecule has 0 aromatic rings. The van der Waals surface area contributed by atoms with Gasteiger partial charge in [-0.1, -0.05) is 6.92 Å². The van der Waals surface area contributed by atoms with E-state index in [1.807, 2.05) is 0 Å². The Balaban J connectivity index is 3.42. The first kappa shape index (κ1) is 12.8. The van der Waals surface area contributed by atoms with Gasteiger partial charge in [-0.3, -0.25) is 4.79 Å². The number of sulfone groups is 1. The predicted octanol–water partition coefficient (Wildman–Crippen LogP) is 0.629. The molecule has 0 radical (unpaired) electrons. The standard InChI is InChI=1S/C7H14O4S2/c1-2-13(10,11)5-3-4-12-6-7(8)9/h2-6H2,1H3,(H,8,9). The van der Waals surface area contributed by atoms with Crippen LogP contribution in [-0.4, -0.2) is 42.5 Å². The number of rotatable bonds is 7. The zero-order valence-corrected chi connectivity index (χ0v) is 9.16. The van der Waals surface area contributed by atoms with Gasteiger partial charge in [-0.2, -0.15) is 11.8 Å². The maximum Gasteiger partial charge on any atom is 0.313 e. The van der Waals surface area contributed by atoms with E-state index in [9.17, 15) is 13.2 Å². The van der Waals surface area contributed by atoms with Crippen molar-refractivity contribution in [2.24, 2.45) is 0 Å². The van der Waals surface area contributed by atoms with E-state index in [0.29, 0.717) is 12.2 Å². The lowest BCUT2D eigenvalue weighted by Crippen LogP contribution is -2.09. The summed E-state index contributed by atoms with van der Waals surface area (Å²) in [7, 11) is -2.88. The average molecular weight is 226 g/mol. The number of carboxylic acids is 1. The summed E-state index contributed by atoms with van der Waals surface area (Å²) < 4.78 is 21.9. The van der Waals surface area contributed by atoms with Crippen LogP contribution in [-0.2, 0) is 14.6 Å². The van der Waals surface area contributed by atoms with Crippen molar-refractivity contribution in [3.63, 3.8) is 0 Å². The molecule has 0 unspecified atom stereocenters. The fourth-order valence-electron chi connectivity index (χ4n) is 0.685. The first-order valence-corrected chi connectivity index (χ1v) is 6.95. The third-order valence-electron chi connectivity index (χ3n) is 1.41. The van der Waals surface area contributed by atoms with Gasteiger partial charge in [0.1, 0.15) is 9.84 Å². The van der Waals surface area contributed by atoms with Crippen molar-refractivity contribution in [2.75, 3.05) is 23.0 Å². The largest absolute Gasteiger partial charge is 0.481 e. The second-order valence-electron chi connectivity index (χ2n) is 2.54. The van der Waals surface area contributed by atoms with Crippen molar-refractivity contribution in [2.45, 2.75) is 13.3 Å². The number of thioether (sulfide) groups is 1.